The largest absolute Gasteiger partial charge is 0.350 e. The number of rotatable bonds is 9. The van der Waals surface area contributed by atoms with E-state index in [4.69, 9.17) is 0 Å². The molecule has 0 saturated heterocycles. The molecule has 0 aromatic heterocycles. The summed E-state index contributed by atoms with van der Waals surface area (Å²) < 4.78 is 0. The highest BCUT2D eigenvalue weighted by Crippen LogP contribution is 2.19. The fourth-order valence-corrected chi connectivity index (χ4v) is 3.10. The van der Waals surface area contributed by atoms with E-state index in [1.807, 2.05) is 56.3 Å². The molecule has 3 amide bonds. The van der Waals surface area contributed by atoms with Crippen LogP contribution in [0.1, 0.15) is 60.6 Å². The molecule has 0 radical (unpaired) electrons. The predicted octanol–water partition coefficient (Wildman–Crippen LogP) is 3.10. The normalized spacial score (nSPS) is 14.1. The van der Waals surface area contributed by atoms with Crippen molar-refractivity contribution in [2.24, 2.45) is 5.92 Å². The molecule has 30 heavy (non-hydrogen) atoms. The van der Waals surface area contributed by atoms with Gasteiger partial charge in [-0.05, 0) is 42.0 Å². The van der Waals surface area contributed by atoms with E-state index in [2.05, 4.69) is 16.0 Å². The van der Waals surface area contributed by atoms with Gasteiger partial charge in [-0.1, -0.05) is 56.3 Å². The van der Waals surface area contributed by atoms with Gasteiger partial charge in [0.15, 0.2) is 0 Å². The first-order valence-electron chi connectivity index (χ1n) is 10.4. The fourth-order valence-electron chi connectivity index (χ4n) is 3.10. The van der Waals surface area contributed by atoms with Crippen molar-refractivity contribution in [3.05, 3.63) is 71.3 Å². The zero-order valence-electron chi connectivity index (χ0n) is 17.5. The molecule has 1 aliphatic carbocycles. The molecule has 0 spiro atoms. The van der Waals surface area contributed by atoms with Crippen LogP contribution in [-0.4, -0.2) is 23.8 Å². The van der Waals surface area contributed by atoms with E-state index in [1.54, 1.807) is 12.1 Å². The number of benzene rings is 2. The SMILES string of the molecule is CC(C)CC(=O)NC(C(=O)NCc1ccc(C(=O)NC2CC2)cc1)c1ccccc1. The zero-order chi connectivity index (χ0) is 21.5. The Hall–Kier alpha value is -3.15. The summed E-state index contributed by atoms with van der Waals surface area (Å²) in [6, 6.07) is 16.0. The van der Waals surface area contributed by atoms with Crippen LogP contribution in [0, 0.1) is 5.92 Å². The van der Waals surface area contributed by atoms with Gasteiger partial charge in [-0.3, -0.25) is 14.4 Å². The van der Waals surface area contributed by atoms with Crippen molar-refractivity contribution in [3.8, 4) is 0 Å². The summed E-state index contributed by atoms with van der Waals surface area (Å²) in [5.74, 6) is -0.279. The smallest absolute Gasteiger partial charge is 0.251 e. The Bertz CT molecular complexity index is 874. The van der Waals surface area contributed by atoms with Crippen LogP contribution in [0.5, 0.6) is 0 Å². The maximum atomic E-state index is 12.9. The average Bonchev–Trinajstić information content (AvgIpc) is 3.54. The Morgan fingerprint density at radius 3 is 2.23 bits per heavy atom. The summed E-state index contributed by atoms with van der Waals surface area (Å²) in [7, 11) is 0. The van der Waals surface area contributed by atoms with E-state index >= 15 is 0 Å². The minimum atomic E-state index is -0.749. The molecule has 2 aromatic rings. The minimum absolute atomic E-state index is 0.0647. The minimum Gasteiger partial charge on any atom is -0.350 e. The third kappa shape index (κ3) is 6.44. The van der Waals surface area contributed by atoms with E-state index in [0.717, 1.165) is 24.0 Å². The Morgan fingerprint density at radius 2 is 1.63 bits per heavy atom. The third-order valence-electron chi connectivity index (χ3n) is 4.89. The summed E-state index contributed by atoms with van der Waals surface area (Å²) in [6.07, 6.45) is 2.46. The number of hydrogen-bond acceptors (Lipinski definition) is 3. The molecule has 6 nitrogen and oxygen atoms in total. The second-order valence-electron chi connectivity index (χ2n) is 8.17. The van der Waals surface area contributed by atoms with Crippen LogP contribution in [0.15, 0.2) is 54.6 Å². The molecule has 1 atom stereocenters. The maximum Gasteiger partial charge on any atom is 0.251 e. The van der Waals surface area contributed by atoms with Crippen molar-refractivity contribution in [2.75, 3.05) is 0 Å². The Kier molecular flexibility index (Phi) is 7.22. The van der Waals surface area contributed by atoms with Crippen LogP contribution in [0.3, 0.4) is 0 Å². The van der Waals surface area contributed by atoms with Gasteiger partial charge in [0.05, 0.1) is 0 Å². The highest BCUT2D eigenvalue weighted by Gasteiger charge is 2.24. The summed E-state index contributed by atoms with van der Waals surface area (Å²) in [5.41, 5.74) is 2.23. The van der Waals surface area contributed by atoms with Crippen LogP contribution in [0.4, 0.5) is 0 Å². The van der Waals surface area contributed by atoms with E-state index in [9.17, 15) is 14.4 Å². The highest BCUT2D eigenvalue weighted by atomic mass is 16.2. The van der Waals surface area contributed by atoms with Gasteiger partial charge in [0.25, 0.3) is 5.91 Å². The van der Waals surface area contributed by atoms with Crippen LogP contribution in [0.25, 0.3) is 0 Å². The standard InChI is InChI=1S/C24H29N3O3/c1-16(2)14-21(28)27-22(18-6-4-3-5-7-18)24(30)25-15-17-8-10-19(11-9-17)23(29)26-20-12-13-20/h3-11,16,20,22H,12-15H2,1-2H3,(H,25,30)(H,26,29)(H,27,28). The first-order chi connectivity index (χ1) is 14.4. The monoisotopic (exact) mass is 407 g/mol. The van der Waals surface area contributed by atoms with Gasteiger partial charge in [-0.2, -0.15) is 0 Å². The second kappa shape index (κ2) is 10.1. The molecule has 3 N–H and O–H groups in total. The molecule has 1 aliphatic rings. The number of nitrogens with one attached hydrogen (secondary N) is 3. The van der Waals surface area contributed by atoms with Gasteiger partial charge in [0.2, 0.25) is 11.8 Å². The summed E-state index contributed by atoms with van der Waals surface area (Å²) in [5, 5.41) is 8.69. The number of amides is 3. The van der Waals surface area contributed by atoms with Gasteiger partial charge in [-0.15, -0.1) is 0 Å². The Labute approximate surface area is 177 Å². The third-order valence-corrected chi connectivity index (χ3v) is 4.89. The zero-order valence-corrected chi connectivity index (χ0v) is 17.5. The average molecular weight is 408 g/mol. The lowest BCUT2D eigenvalue weighted by atomic mass is 10.0. The molecular formula is C24H29N3O3. The van der Waals surface area contributed by atoms with Crippen LogP contribution < -0.4 is 16.0 Å². The molecule has 3 rings (SSSR count). The summed E-state index contributed by atoms with van der Waals surface area (Å²) >= 11 is 0. The molecule has 158 valence electrons. The lowest BCUT2D eigenvalue weighted by Gasteiger charge is -2.19. The number of carbonyl (C=O) groups is 3. The summed E-state index contributed by atoms with van der Waals surface area (Å²) in [4.78, 5) is 37.2. The first kappa shape index (κ1) is 21.6. The van der Waals surface area contributed by atoms with Gasteiger partial charge in [0.1, 0.15) is 6.04 Å². The highest BCUT2D eigenvalue weighted by molar-refractivity contribution is 5.94. The topological polar surface area (TPSA) is 87.3 Å². The van der Waals surface area contributed by atoms with Gasteiger partial charge in [0, 0.05) is 24.6 Å². The van der Waals surface area contributed by atoms with Gasteiger partial charge in [-0.25, -0.2) is 0 Å². The predicted molar refractivity (Wildman–Crippen MR) is 116 cm³/mol. The Morgan fingerprint density at radius 1 is 0.967 bits per heavy atom. The molecule has 1 saturated carbocycles. The molecule has 0 aliphatic heterocycles. The van der Waals surface area contributed by atoms with E-state index in [1.165, 1.54) is 0 Å². The Balaban J connectivity index is 1.60. The molecule has 2 aromatic carbocycles. The quantitative estimate of drug-likeness (QED) is 0.597. The van der Waals surface area contributed by atoms with Crippen molar-refractivity contribution >= 4 is 17.7 Å². The van der Waals surface area contributed by atoms with E-state index < -0.39 is 6.04 Å². The number of hydrogen-bond donors (Lipinski definition) is 3. The van der Waals surface area contributed by atoms with Crippen LogP contribution >= 0.6 is 0 Å². The summed E-state index contributed by atoms with van der Waals surface area (Å²) in [6.45, 7) is 4.24. The van der Waals surface area contributed by atoms with Crippen molar-refractivity contribution in [2.45, 2.75) is 51.7 Å². The van der Waals surface area contributed by atoms with E-state index in [0.29, 0.717) is 24.6 Å². The molecular weight excluding hydrogens is 378 g/mol. The maximum absolute atomic E-state index is 12.9. The lowest BCUT2D eigenvalue weighted by Crippen LogP contribution is -2.40. The van der Waals surface area contributed by atoms with Crippen molar-refractivity contribution in [3.63, 3.8) is 0 Å². The van der Waals surface area contributed by atoms with Crippen molar-refractivity contribution in [1.29, 1.82) is 0 Å². The molecule has 0 bridgehead atoms. The molecule has 6 heteroatoms. The van der Waals surface area contributed by atoms with Crippen molar-refractivity contribution < 1.29 is 14.4 Å². The molecule has 1 fully saturated rings. The van der Waals surface area contributed by atoms with E-state index in [-0.39, 0.29) is 23.6 Å². The van der Waals surface area contributed by atoms with Crippen LogP contribution in [-0.2, 0) is 16.1 Å². The first-order valence-corrected chi connectivity index (χ1v) is 10.4. The number of carbonyl (C=O) groups excluding carboxylic acids is 3. The van der Waals surface area contributed by atoms with Gasteiger partial charge < -0.3 is 16.0 Å². The van der Waals surface area contributed by atoms with Crippen LogP contribution in [0.2, 0.25) is 0 Å². The molecule has 1 unspecified atom stereocenters. The fraction of sp³-hybridized carbons (Fsp3) is 0.375. The second-order valence-corrected chi connectivity index (χ2v) is 8.17. The van der Waals surface area contributed by atoms with Crippen molar-refractivity contribution in [1.82, 2.24) is 16.0 Å². The van der Waals surface area contributed by atoms with Gasteiger partial charge >= 0.3 is 0 Å². The lowest BCUT2D eigenvalue weighted by molar-refractivity contribution is -0.129. The molecule has 0 heterocycles.